The predicted octanol–water partition coefficient (Wildman–Crippen LogP) is 1.05. The van der Waals surface area contributed by atoms with Gasteiger partial charge in [-0.15, -0.1) is 0 Å². The molecule has 0 aromatic rings. The molecule has 0 aromatic carbocycles. The van der Waals surface area contributed by atoms with Gasteiger partial charge in [-0.05, 0) is 25.8 Å². The standard InChI is InChI=1S/C12H26N2O2/c1-5-10-6-7-14(8-10)12(2,9-13)11(15-3)16-4/h10-11H,5-9,13H2,1-4H3. The van der Waals surface area contributed by atoms with Crippen LogP contribution in [0.5, 0.6) is 0 Å². The molecule has 16 heavy (non-hydrogen) atoms. The second kappa shape index (κ2) is 5.96. The molecule has 96 valence electrons. The van der Waals surface area contributed by atoms with E-state index in [2.05, 4.69) is 18.7 Å². The molecule has 0 radical (unpaired) electrons. The van der Waals surface area contributed by atoms with Crippen LogP contribution in [0.25, 0.3) is 0 Å². The fourth-order valence-electron chi connectivity index (χ4n) is 2.61. The van der Waals surface area contributed by atoms with Gasteiger partial charge in [0, 0.05) is 27.3 Å². The van der Waals surface area contributed by atoms with Crippen LogP contribution in [0.15, 0.2) is 0 Å². The van der Waals surface area contributed by atoms with Crippen molar-refractivity contribution in [2.45, 2.75) is 38.5 Å². The molecule has 2 unspecified atom stereocenters. The Hall–Kier alpha value is -0.160. The first-order chi connectivity index (χ1) is 7.62. The van der Waals surface area contributed by atoms with Crippen LogP contribution in [0, 0.1) is 5.92 Å². The van der Waals surface area contributed by atoms with Crippen LogP contribution in [0.1, 0.15) is 26.7 Å². The Morgan fingerprint density at radius 2 is 2.06 bits per heavy atom. The fourth-order valence-corrected chi connectivity index (χ4v) is 2.61. The van der Waals surface area contributed by atoms with Gasteiger partial charge in [0.25, 0.3) is 0 Å². The number of likely N-dealkylation sites (tertiary alicyclic amines) is 1. The van der Waals surface area contributed by atoms with Crippen molar-refractivity contribution >= 4 is 0 Å². The quantitative estimate of drug-likeness (QED) is 0.693. The van der Waals surface area contributed by atoms with Crippen molar-refractivity contribution in [3.8, 4) is 0 Å². The number of hydrogen-bond acceptors (Lipinski definition) is 4. The van der Waals surface area contributed by atoms with Gasteiger partial charge in [-0.1, -0.05) is 13.3 Å². The van der Waals surface area contributed by atoms with Crippen molar-refractivity contribution in [2.24, 2.45) is 11.7 Å². The van der Waals surface area contributed by atoms with Gasteiger partial charge >= 0.3 is 0 Å². The van der Waals surface area contributed by atoms with Crippen LogP contribution in [0.2, 0.25) is 0 Å². The monoisotopic (exact) mass is 230 g/mol. The van der Waals surface area contributed by atoms with Gasteiger partial charge in [0.15, 0.2) is 6.29 Å². The highest BCUT2D eigenvalue weighted by Crippen LogP contribution is 2.29. The Morgan fingerprint density at radius 3 is 2.44 bits per heavy atom. The normalized spacial score (nSPS) is 26.2. The summed E-state index contributed by atoms with van der Waals surface area (Å²) in [6.45, 7) is 7.12. The average molecular weight is 230 g/mol. The lowest BCUT2D eigenvalue weighted by atomic mass is 9.99. The maximum absolute atomic E-state index is 5.92. The van der Waals surface area contributed by atoms with Gasteiger partial charge < -0.3 is 15.2 Å². The van der Waals surface area contributed by atoms with E-state index in [0.717, 1.165) is 19.0 Å². The summed E-state index contributed by atoms with van der Waals surface area (Å²) >= 11 is 0. The molecule has 4 heteroatoms. The summed E-state index contributed by atoms with van der Waals surface area (Å²) in [6.07, 6.45) is 2.24. The van der Waals surface area contributed by atoms with E-state index >= 15 is 0 Å². The molecular formula is C12H26N2O2. The number of rotatable bonds is 6. The number of ether oxygens (including phenoxy) is 2. The molecule has 1 aliphatic rings. The van der Waals surface area contributed by atoms with Crippen LogP contribution in [-0.4, -0.2) is 50.6 Å². The van der Waals surface area contributed by atoms with Gasteiger partial charge in [-0.25, -0.2) is 0 Å². The van der Waals surface area contributed by atoms with Crippen LogP contribution < -0.4 is 5.73 Å². The van der Waals surface area contributed by atoms with Gasteiger partial charge in [-0.2, -0.15) is 0 Å². The van der Waals surface area contributed by atoms with E-state index in [0.29, 0.717) is 6.54 Å². The molecule has 0 aliphatic carbocycles. The maximum atomic E-state index is 5.92. The third kappa shape index (κ3) is 2.56. The van der Waals surface area contributed by atoms with Crippen molar-refractivity contribution in [2.75, 3.05) is 33.9 Å². The summed E-state index contributed by atoms with van der Waals surface area (Å²) < 4.78 is 10.8. The zero-order valence-electron chi connectivity index (χ0n) is 11.0. The first-order valence-electron chi connectivity index (χ1n) is 6.13. The molecule has 1 aliphatic heterocycles. The second-order valence-electron chi connectivity index (χ2n) is 4.87. The van der Waals surface area contributed by atoms with E-state index in [-0.39, 0.29) is 11.8 Å². The Balaban J connectivity index is 2.72. The molecule has 2 atom stereocenters. The highest BCUT2D eigenvalue weighted by molar-refractivity contribution is 4.94. The minimum absolute atomic E-state index is 0.215. The molecule has 1 saturated heterocycles. The Kier molecular flexibility index (Phi) is 5.18. The third-order valence-corrected chi connectivity index (χ3v) is 3.93. The molecule has 1 heterocycles. The smallest absolute Gasteiger partial charge is 0.176 e. The highest BCUT2D eigenvalue weighted by atomic mass is 16.7. The zero-order chi connectivity index (χ0) is 12.2. The van der Waals surface area contributed by atoms with Gasteiger partial charge in [0.05, 0.1) is 5.54 Å². The lowest BCUT2D eigenvalue weighted by Crippen LogP contribution is -2.59. The van der Waals surface area contributed by atoms with Crippen LogP contribution in [0.3, 0.4) is 0 Å². The molecule has 0 bridgehead atoms. The Labute approximate surface area is 99.1 Å². The van der Waals surface area contributed by atoms with E-state index in [1.54, 1.807) is 14.2 Å². The topological polar surface area (TPSA) is 47.7 Å². The van der Waals surface area contributed by atoms with Crippen LogP contribution >= 0.6 is 0 Å². The summed E-state index contributed by atoms with van der Waals surface area (Å²) in [4.78, 5) is 2.42. The lowest BCUT2D eigenvalue weighted by Gasteiger charge is -2.42. The Morgan fingerprint density at radius 1 is 1.44 bits per heavy atom. The van der Waals surface area contributed by atoms with Crippen molar-refractivity contribution in [1.82, 2.24) is 4.90 Å². The second-order valence-corrected chi connectivity index (χ2v) is 4.87. The maximum Gasteiger partial charge on any atom is 0.176 e. The summed E-state index contributed by atoms with van der Waals surface area (Å²) in [5.41, 5.74) is 5.71. The molecule has 0 aromatic heterocycles. The molecule has 1 rings (SSSR count). The summed E-state index contributed by atoms with van der Waals surface area (Å²) in [5, 5.41) is 0. The summed E-state index contributed by atoms with van der Waals surface area (Å²) in [7, 11) is 3.35. The van der Waals surface area contributed by atoms with E-state index in [1.165, 1.54) is 12.8 Å². The van der Waals surface area contributed by atoms with Crippen molar-refractivity contribution in [3.05, 3.63) is 0 Å². The zero-order valence-corrected chi connectivity index (χ0v) is 11.0. The van der Waals surface area contributed by atoms with E-state index in [1.807, 2.05) is 0 Å². The van der Waals surface area contributed by atoms with Crippen molar-refractivity contribution in [3.63, 3.8) is 0 Å². The number of hydrogen-bond donors (Lipinski definition) is 1. The number of nitrogens with zero attached hydrogens (tertiary/aromatic N) is 1. The minimum Gasteiger partial charge on any atom is -0.354 e. The van der Waals surface area contributed by atoms with E-state index < -0.39 is 0 Å². The van der Waals surface area contributed by atoms with Crippen molar-refractivity contribution in [1.29, 1.82) is 0 Å². The lowest BCUT2D eigenvalue weighted by molar-refractivity contribution is -0.178. The molecular weight excluding hydrogens is 204 g/mol. The summed E-state index contributed by atoms with van der Waals surface area (Å²) in [6, 6.07) is 0. The van der Waals surface area contributed by atoms with E-state index in [9.17, 15) is 0 Å². The number of nitrogens with two attached hydrogens (primary N) is 1. The summed E-state index contributed by atoms with van der Waals surface area (Å²) in [5.74, 6) is 0.792. The van der Waals surface area contributed by atoms with Crippen molar-refractivity contribution < 1.29 is 9.47 Å². The van der Waals surface area contributed by atoms with Gasteiger partial charge in [0.2, 0.25) is 0 Å². The van der Waals surface area contributed by atoms with Gasteiger partial charge in [0.1, 0.15) is 0 Å². The highest BCUT2D eigenvalue weighted by Gasteiger charge is 2.42. The molecule has 2 N–H and O–H groups in total. The van der Waals surface area contributed by atoms with Crippen LogP contribution in [0.4, 0.5) is 0 Å². The first kappa shape index (κ1) is 13.9. The molecule has 1 fully saturated rings. The molecule has 0 saturated carbocycles. The largest absolute Gasteiger partial charge is 0.354 e. The fraction of sp³-hybridized carbons (Fsp3) is 1.00. The predicted molar refractivity (Wildman–Crippen MR) is 65.2 cm³/mol. The molecule has 0 amide bonds. The molecule has 4 nitrogen and oxygen atoms in total. The van der Waals surface area contributed by atoms with E-state index in [4.69, 9.17) is 15.2 Å². The molecule has 0 spiro atoms. The first-order valence-corrected chi connectivity index (χ1v) is 6.13. The SMILES string of the molecule is CCC1CCN(C(C)(CN)C(OC)OC)C1. The Bertz CT molecular complexity index is 209. The average Bonchev–Trinajstić information content (AvgIpc) is 2.79. The minimum atomic E-state index is -0.256. The third-order valence-electron chi connectivity index (χ3n) is 3.93. The number of methoxy groups -OCH3 is 2. The van der Waals surface area contributed by atoms with Crippen LogP contribution in [-0.2, 0) is 9.47 Å². The van der Waals surface area contributed by atoms with Gasteiger partial charge in [-0.3, -0.25) is 4.90 Å².